The Kier molecular flexibility index (Phi) is 5.48. The molecule has 5 heteroatoms. The maximum absolute atomic E-state index is 13.1. The third kappa shape index (κ3) is 3.77. The number of nitrogens with one attached hydrogen (secondary N) is 1. The van der Waals surface area contributed by atoms with Crippen molar-refractivity contribution in [2.24, 2.45) is 5.92 Å². The van der Waals surface area contributed by atoms with Gasteiger partial charge in [-0.2, -0.15) is 0 Å². The maximum atomic E-state index is 13.1. The van der Waals surface area contributed by atoms with E-state index < -0.39 is 0 Å². The number of aryl methyl sites for hydroxylation is 1. The van der Waals surface area contributed by atoms with Crippen molar-refractivity contribution in [3.05, 3.63) is 29.6 Å². The van der Waals surface area contributed by atoms with E-state index in [1.807, 2.05) is 24.0 Å². The lowest BCUT2D eigenvalue weighted by Crippen LogP contribution is -2.47. The SMILES string of the molecule is Cc1ccc(C(=O)N2CCCCCCNC(=O)C3CCCC32)cn1. The van der Waals surface area contributed by atoms with E-state index in [4.69, 9.17) is 0 Å². The molecule has 0 aromatic carbocycles. The van der Waals surface area contributed by atoms with Crippen LogP contribution in [0.25, 0.3) is 0 Å². The molecular formula is C19H27N3O2. The molecule has 1 N–H and O–H groups in total. The summed E-state index contributed by atoms with van der Waals surface area (Å²) in [6.45, 7) is 3.41. The molecule has 0 radical (unpaired) electrons. The van der Waals surface area contributed by atoms with Gasteiger partial charge in [0.15, 0.2) is 0 Å². The van der Waals surface area contributed by atoms with Crippen LogP contribution in [0.1, 0.15) is 61.0 Å². The molecule has 1 saturated carbocycles. The van der Waals surface area contributed by atoms with Crippen molar-refractivity contribution in [2.45, 2.75) is 57.9 Å². The monoisotopic (exact) mass is 329 g/mol. The first kappa shape index (κ1) is 16.9. The molecule has 0 spiro atoms. The number of amides is 2. The average Bonchev–Trinajstić information content (AvgIpc) is 3.05. The summed E-state index contributed by atoms with van der Waals surface area (Å²) in [6.07, 6.45) is 8.70. The van der Waals surface area contributed by atoms with Crippen LogP contribution >= 0.6 is 0 Å². The molecule has 2 amide bonds. The van der Waals surface area contributed by atoms with E-state index in [0.29, 0.717) is 5.56 Å². The largest absolute Gasteiger partial charge is 0.356 e. The Hall–Kier alpha value is -1.91. The van der Waals surface area contributed by atoms with E-state index in [0.717, 1.165) is 63.7 Å². The van der Waals surface area contributed by atoms with E-state index in [1.54, 1.807) is 6.20 Å². The van der Waals surface area contributed by atoms with Crippen molar-refractivity contribution >= 4 is 11.8 Å². The molecule has 2 aliphatic rings. The van der Waals surface area contributed by atoms with Crippen LogP contribution in [-0.2, 0) is 4.79 Å². The fourth-order valence-corrected chi connectivity index (χ4v) is 3.90. The minimum atomic E-state index is -0.0644. The van der Waals surface area contributed by atoms with Crippen molar-refractivity contribution in [3.63, 3.8) is 0 Å². The smallest absolute Gasteiger partial charge is 0.255 e. The van der Waals surface area contributed by atoms with Gasteiger partial charge in [-0.15, -0.1) is 0 Å². The molecule has 1 aromatic heterocycles. The number of pyridine rings is 1. The van der Waals surface area contributed by atoms with Crippen LogP contribution in [0.2, 0.25) is 0 Å². The van der Waals surface area contributed by atoms with Gasteiger partial charge >= 0.3 is 0 Å². The van der Waals surface area contributed by atoms with Crippen LogP contribution in [0.5, 0.6) is 0 Å². The molecule has 130 valence electrons. The molecule has 2 heterocycles. The maximum Gasteiger partial charge on any atom is 0.255 e. The molecule has 24 heavy (non-hydrogen) atoms. The molecule has 2 fully saturated rings. The third-order valence-electron chi connectivity index (χ3n) is 5.26. The van der Waals surface area contributed by atoms with Gasteiger partial charge in [0.2, 0.25) is 5.91 Å². The number of hydrogen-bond acceptors (Lipinski definition) is 3. The zero-order chi connectivity index (χ0) is 16.9. The summed E-state index contributed by atoms with van der Waals surface area (Å²) in [5.74, 6) is 0.0798. The van der Waals surface area contributed by atoms with Crippen LogP contribution in [0.3, 0.4) is 0 Å². The highest BCUT2D eigenvalue weighted by molar-refractivity contribution is 5.94. The minimum absolute atomic E-state index is 0.0199. The Bertz CT molecular complexity index is 585. The number of aromatic nitrogens is 1. The first-order valence-corrected chi connectivity index (χ1v) is 9.18. The fourth-order valence-electron chi connectivity index (χ4n) is 3.90. The lowest BCUT2D eigenvalue weighted by atomic mass is 9.99. The lowest BCUT2D eigenvalue weighted by molar-refractivity contribution is -0.126. The van der Waals surface area contributed by atoms with Gasteiger partial charge in [-0.3, -0.25) is 14.6 Å². The molecule has 5 nitrogen and oxygen atoms in total. The van der Waals surface area contributed by atoms with Crippen molar-refractivity contribution in [3.8, 4) is 0 Å². The van der Waals surface area contributed by atoms with Crippen LogP contribution in [-0.4, -0.2) is 40.8 Å². The minimum Gasteiger partial charge on any atom is -0.356 e. The zero-order valence-corrected chi connectivity index (χ0v) is 14.5. The topological polar surface area (TPSA) is 62.3 Å². The molecular weight excluding hydrogens is 302 g/mol. The molecule has 1 saturated heterocycles. The predicted octanol–water partition coefficient (Wildman–Crippen LogP) is 2.69. The van der Waals surface area contributed by atoms with E-state index >= 15 is 0 Å². The summed E-state index contributed by atoms with van der Waals surface area (Å²) < 4.78 is 0. The average molecular weight is 329 g/mol. The van der Waals surface area contributed by atoms with Crippen LogP contribution in [0.15, 0.2) is 18.3 Å². The van der Waals surface area contributed by atoms with E-state index in [-0.39, 0.29) is 23.8 Å². The highest BCUT2D eigenvalue weighted by Crippen LogP contribution is 2.32. The van der Waals surface area contributed by atoms with Gasteiger partial charge in [-0.05, 0) is 44.7 Å². The zero-order valence-electron chi connectivity index (χ0n) is 14.5. The summed E-state index contributed by atoms with van der Waals surface area (Å²) in [4.78, 5) is 31.8. The Balaban J connectivity index is 1.84. The quantitative estimate of drug-likeness (QED) is 0.861. The lowest BCUT2D eigenvalue weighted by Gasteiger charge is -2.32. The van der Waals surface area contributed by atoms with Crippen molar-refractivity contribution in [2.75, 3.05) is 13.1 Å². The van der Waals surface area contributed by atoms with Gasteiger partial charge in [-0.25, -0.2) is 0 Å². The Morgan fingerprint density at radius 1 is 1.17 bits per heavy atom. The molecule has 0 bridgehead atoms. The van der Waals surface area contributed by atoms with Gasteiger partial charge in [0.25, 0.3) is 5.91 Å². The Labute approximate surface area is 143 Å². The van der Waals surface area contributed by atoms with Gasteiger partial charge in [0.05, 0.1) is 11.5 Å². The van der Waals surface area contributed by atoms with E-state index in [1.165, 1.54) is 0 Å². The predicted molar refractivity (Wildman–Crippen MR) is 92.6 cm³/mol. The van der Waals surface area contributed by atoms with Crippen LogP contribution < -0.4 is 5.32 Å². The van der Waals surface area contributed by atoms with Gasteiger partial charge in [0.1, 0.15) is 0 Å². The number of carbonyl (C=O) groups excluding carboxylic acids is 2. The van der Waals surface area contributed by atoms with E-state index in [2.05, 4.69) is 10.3 Å². The summed E-state index contributed by atoms with van der Waals surface area (Å²) in [5.41, 5.74) is 1.53. The second-order valence-corrected chi connectivity index (χ2v) is 7.00. The second kappa shape index (κ2) is 7.77. The number of hydrogen-bond donors (Lipinski definition) is 1. The summed E-state index contributed by atoms with van der Waals surface area (Å²) in [5, 5.41) is 3.07. The highest BCUT2D eigenvalue weighted by atomic mass is 16.2. The van der Waals surface area contributed by atoms with Crippen molar-refractivity contribution in [1.29, 1.82) is 0 Å². The first-order chi connectivity index (χ1) is 11.7. The second-order valence-electron chi connectivity index (χ2n) is 7.00. The molecule has 3 rings (SSSR count). The van der Waals surface area contributed by atoms with Gasteiger partial charge in [-0.1, -0.05) is 19.3 Å². The van der Waals surface area contributed by atoms with Crippen LogP contribution in [0.4, 0.5) is 0 Å². The van der Waals surface area contributed by atoms with Gasteiger partial charge in [0, 0.05) is 31.0 Å². The van der Waals surface area contributed by atoms with Crippen LogP contribution in [0, 0.1) is 12.8 Å². The number of nitrogens with zero attached hydrogens (tertiary/aromatic N) is 2. The summed E-state index contributed by atoms with van der Waals surface area (Å²) in [7, 11) is 0. The standard InChI is InChI=1S/C19H27N3O2/c1-14-9-10-15(13-21-14)19(24)22-12-5-3-2-4-11-20-18(23)16-7-6-8-17(16)22/h9-10,13,16-17H,2-8,11-12H2,1H3,(H,20,23). The fraction of sp³-hybridized carbons (Fsp3) is 0.632. The highest BCUT2D eigenvalue weighted by Gasteiger charge is 2.39. The first-order valence-electron chi connectivity index (χ1n) is 9.18. The van der Waals surface area contributed by atoms with Crippen molar-refractivity contribution < 1.29 is 9.59 Å². The molecule has 2 unspecified atom stereocenters. The number of carbonyl (C=O) groups is 2. The number of rotatable bonds is 1. The van der Waals surface area contributed by atoms with E-state index in [9.17, 15) is 9.59 Å². The van der Waals surface area contributed by atoms with Gasteiger partial charge < -0.3 is 10.2 Å². The normalized spacial score (nSPS) is 25.5. The summed E-state index contributed by atoms with van der Waals surface area (Å²) >= 11 is 0. The third-order valence-corrected chi connectivity index (χ3v) is 5.26. The Morgan fingerprint density at radius 2 is 2.00 bits per heavy atom. The Morgan fingerprint density at radius 3 is 2.79 bits per heavy atom. The molecule has 2 atom stereocenters. The molecule has 1 aliphatic carbocycles. The number of fused-ring (bicyclic) bond motifs is 1. The van der Waals surface area contributed by atoms with Crippen molar-refractivity contribution in [1.82, 2.24) is 15.2 Å². The molecule has 1 aliphatic heterocycles. The molecule has 1 aromatic rings. The summed E-state index contributed by atoms with van der Waals surface area (Å²) in [6, 6.07) is 3.75.